The smallest absolute Gasteiger partial charge is 0.399 e. The number of nitrogens with zero attached hydrogens (tertiary/aromatic N) is 3. The van der Waals surface area contributed by atoms with Crippen LogP contribution in [-0.4, -0.2) is 14.6 Å². The number of aryl methyl sites for hydroxylation is 2. The van der Waals surface area contributed by atoms with E-state index in [9.17, 15) is 13.2 Å². The lowest BCUT2D eigenvalue weighted by Crippen LogP contribution is -2.07. The molecule has 4 nitrogen and oxygen atoms in total. The van der Waals surface area contributed by atoms with E-state index in [2.05, 4.69) is 10.2 Å². The second-order valence-corrected chi connectivity index (χ2v) is 5.00. The van der Waals surface area contributed by atoms with Gasteiger partial charge >= 0.3 is 6.18 Å². The summed E-state index contributed by atoms with van der Waals surface area (Å²) < 4.78 is 39.7. The predicted octanol–water partition coefficient (Wildman–Crippen LogP) is 3.12. The maximum Gasteiger partial charge on any atom is 0.417 e. The van der Waals surface area contributed by atoms with Gasteiger partial charge < -0.3 is 5.73 Å². The van der Waals surface area contributed by atoms with Crippen molar-refractivity contribution in [3.63, 3.8) is 0 Å². The molecule has 2 aromatic heterocycles. The molecule has 3 aromatic rings. The summed E-state index contributed by atoms with van der Waals surface area (Å²) in [6.07, 6.45) is -2.25. The summed E-state index contributed by atoms with van der Waals surface area (Å²) in [6.45, 7) is 0. The summed E-state index contributed by atoms with van der Waals surface area (Å²) >= 11 is 0. The maximum atomic E-state index is 12.8. The van der Waals surface area contributed by atoms with Gasteiger partial charge in [0.2, 0.25) is 0 Å². The number of rotatable bonds is 3. The fourth-order valence-electron chi connectivity index (χ4n) is 2.28. The van der Waals surface area contributed by atoms with E-state index >= 15 is 0 Å². The highest BCUT2D eigenvalue weighted by Gasteiger charge is 2.31. The van der Waals surface area contributed by atoms with Crippen molar-refractivity contribution < 1.29 is 13.2 Å². The van der Waals surface area contributed by atoms with E-state index in [0.29, 0.717) is 30.0 Å². The molecule has 0 saturated heterocycles. The monoisotopic (exact) mass is 306 g/mol. The topological polar surface area (TPSA) is 56.2 Å². The number of anilines is 1. The van der Waals surface area contributed by atoms with Gasteiger partial charge in [-0.15, -0.1) is 10.2 Å². The van der Waals surface area contributed by atoms with Crippen LogP contribution in [0.2, 0.25) is 0 Å². The SMILES string of the molecule is Nc1cccc(CCc2nnc3ccc(C(F)(F)F)cn23)c1. The predicted molar refractivity (Wildman–Crippen MR) is 76.3 cm³/mol. The van der Waals surface area contributed by atoms with E-state index in [4.69, 9.17) is 5.73 Å². The van der Waals surface area contributed by atoms with Crippen LogP contribution < -0.4 is 5.73 Å². The molecule has 0 aliphatic heterocycles. The van der Waals surface area contributed by atoms with E-state index in [1.807, 2.05) is 18.2 Å². The first-order valence-corrected chi connectivity index (χ1v) is 6.69. The molecule has 3 rings (SSSR count). The normalized spacial score (nSPS) is 12.0. The van der Waals surface area contributed by atoms with E-state index in [1.54, 1.807) is 6.07 Å². The summed E-state index contributed by atoms with van der Waals surface area (Å²) in [4.78, 5) is 0. The van der Waals surface area contributed by atoms with Crippen molar-refractivity contribution >= 4 is 11.3 Å². The zero-order valence-corrected chi connectivity index (χ0v) is 11.5. The first kappa shape index (κ1) is 14.4. The van der Waals surface area contributed by atoms with Gasteiger partial charge in [0.25, 0.3) is 0 Å². The fourth-order valence-corrected chi connectivity index (χ4v) is 2.28. The molecule has 0 spiro atoms. The standard InChI is InChI=1S/C15H13F3N4/c16-15(17,18)11-5-7-14-21-20-13(22(14)9-11)6-4-10-2-1-3-12(19)8-10/h1-3,5,7-9H,4,6,19H2. The Labute approximate surface area is 124 Å². The van der Waals surface area contributed by atoms with Crippen LogP contribution >= 0.6 is 0 Å². The van der Waals surface area contributed by atoms with Crippen molar-refractivity contribution in [3.05, 3.63) is 59.5 Å². The van der Waals surface area contributed by atoms with Crippen LogP contribution in [0.4, 0.5) is 18.9 Å². The Bertz CT molecular complexity index is 808. The number of fused-ring (bicyclic) bond motifs is 1. The molecule has 0 amide bonds. The summed E-state index contributed by atoms with van der Waals surface area (Å²) in [5, 5.41) is 7.86. The van der Waals surface area contributed by atoms with Gasteiger partial charge in [0.1, 0.15) is 5.82 Å². The lowest BCUT2D eigenvalue weighted by atomic mass is 10.1. The Morgan fingerprint density at radius 2 is 1.86 bits per heavy atom. The molecule has 0 aliphatic carbocycles. The zero-order chi connectivity index (χ0) is 15.7. The number of aromatic nitrogens is 3. The molecule has 114 valence electrons. The molecule has 0 atom stereocenters. The van der Waals surface area contributed by atoms with Crippen molar-refractivity contribution in [3.8, 4) is 0 Å². The summed E-state index contributed by atoms with van der Waals surface area (Å²) in [5.41, 5.74) is 7.05. The molecule has 0 aliphatic rings. The first-order valence-electron chi connectivity index (χ1n) is 6.69. The van der Waals surface area contributed by atoms with Gasteiger partial charge in [-0.3, -0.25) is 4.40 Å². The largest absolute Gasteiger partial charge is 0.417 e. The number of alkyl halides is 3. The van der Waals surface area contributed by atoms with Crippen molar-refractivity contribution in [1.29, 1.82) is 0 Å². The average Bonchev–Trinajstić information content (AvgIpc) is 2.86. The van der Waals surface area contributed by atoms with E-state index in [-0.39, 0.29) is 0 Å². The molecular formula is C15H13F3N4. The first-order chi connectivity index (χ1) is 10.4. The van der Waals surface area contributed by atoms with Gasteiger partial charge in [0, 0.05) is 18.3 Å². The van der Waals surface area contributed by atoms with Gasteiger partial charge in [-0.2, -0.15) is 13.2 Å². The highest BCUT2D eigenvalue weighted by Crippen LogP contribution is 2.29. The summed E-state index contributed by atoms with van der Waals surface area (Å²) in [7, 11) is 0. The molecule has 0 fully saturated rings. The van der Waals surface area contributed by atoms with Crippen LogP contribution in [0.1, 0.15) is 17.0 Å². The molecule has 1 aromatic carbocycles. The fraction of sp³-hybridized carbons (Fsp3) is 0.200. The third kappa shape index (κ3) is 2.88. The van der Waals surface area contributed by atoms with Gasteiger partial charge in [0.15, 0.2) is 5.65 Å². The number of hydrogen-bond acceptors (Lipinski definition) is 3. The van der Waals surface area contributed by atoms with Crippen LogP contribution in [0.5, 0.6) is 0 Å². The van der Waals surface area contributed by atoms with Crippen LogP contribution in [0.25, 0.3) is 5.65 Å². The Kier molecular flexibility index (Phi) is 3.48. The Hall–Kier alpha value is -2.57. The Morgan fingerprint density at radius 1 is 1.05 bits per heavy atom. The van der Waals surface area contributed by atoms with Crippen LogP contribution in [-0.2, 0) is 19.0 Å². The zero-order valence-electron chi connectivity index (χ0n) is 11.5. The van der Waals surface area contributed by atoms with Gasteiger partial charge in [-0.1, -0.05) is 12.1 Å². The molecule has 2 N–H and O–H groups in total. The lowest BCUT2D eigenvalue weighted by molar-refractivity contribution is -0.137. The van der Waals surface area contributed by atoms with E-state index < -0.39 is 11.7 Å². The second-order valence-electron chi connectivity index (χ2n) is 5.00. The molecule has 2 heterocycles. The number of nitrogen functional groups attached to an aromatic ring is 1. The number of pyridine rings is 1. The molecule has 0 bridgehead atoms. The third-order valence-corrected chi connectivity index (χ3v) is 3.39. The molecular weight excluding hydrogens is 293 g/mol. The lowest BCUT2D eigenvalue weighted by Gasteiger charge is -2.07. The summed E-state index contributed by atoms with van der Waals surface area (Å²) in [6, 6.07) is 9.70. The average molecular weight is 306 g/mol. The Morgan fingerprint density at radius 3 is 2.59 bits per heavy atom. The molecule has 7 heteroatoms. The van der Waals surface area contributed by atoms with E-state index in [1.165, 1.54) is 10.5 Å². The minimum Gasteiger partial charge on any atom is -0.399 e. The number of hydrogen-bond donors (Lipinski definition) is 1. The van der Waals surface area contributed by atoms with Crippen molar-refractivity contribution in [2.45, 2.75) is 19.0 Å². The van der Waals surface area contributed by atoms with Crippen molar-refractivity contribution in [1.82, 2.24) is 14.6 Å². The highest BCUT2D eigenvalue weighted by atomic mass is 19.4. The quantitative estimate of drug-likeness (QED) is 0.756. The van der Waals surface area contributed by atoms with Gasteiger partial charge in [0.05, 0.1) is 5.56 Å². The van der Waals surface area contributed by atoms with E-state index in [0.717, 1.165) is 17.8 Å². The minimum absolute atomic E-state index is 0.399. The third-order valence-electron chi connectivity index (χ3n) is 3.39. The van der Waals surface area contributed by atoms with Gasteiger partial charge in [-0.25, -0.2) is 0 Å². The number of nitrogens with two attached hydrogens (primary N) is 1. The molecule has 0 unspecified atom stereocenters. The Balaban J connectivity index is 1.87. The maximum absolute atomic E-state index is 12.8. The van der Waals surface area contributed by atoms with Crippen molar-refractivity contribution in [2.24, 2.45) is 0 Å². The summed E-state index contributed by atoms with van der Waals surface area (Å²) in [5.74, 6) is 0.489. The number of benzene rings is 1. The van der Waals surface area contributed by atoms with Crippen molar-refractivity contribution in [2.75, 3.05) is 5.73 Å². The second kappa shape index (κ2) is 5.32. The number of halogens is 3. The van der Waals surface area contributed by atoms with Gasteiger partial charge in [-0.05, 0) is 36.2 Å². The molecule has 0 radical (unpaired) electrons. The van der Waals surface area contributed by atoms with Crippen LogP contribution in [0.3, 0.4) is 0 Å². The van der Waals surface area contributed by atoms with Crippen LogP contribution in [0.15, 0.2) is 42.6 Å². The minimum atomic E-state index is -4.39. The van der Waals surface area contributed by atoms with Crippen LogP contribution in [0, 0.1) is 0 Å². The highest BCUT2D eigenvalue weighted by molar-refractivity contribution is 5.42. The molecule has 0 saturated carbocycles. The molecule has 22 heavy (non-hydrogen) atoms.